The van der Waals surface area contributed by atoms with Crippen LogP contribution in [0.1, 0.15) is 41.7 Å². The van der Waals surface area contributed by atoms with Gasteiger partial charge in [0.15, 0.2) is 0 Å². The van der Waals surface area contributed by atoms with Crippen LogP contribution in [0.4, 0.5) is 0 Å². The zero-order valence-electron chi connectivity index (χ0n) is 14.9. The van der Waals surface area contributed by atoms with Crippen molar-refractivity contribution in [1.29, 1.82) is 0 Å². The van der Waals surface area contributed by atoms with Crippen LogP contribution in [0.2, 0.25) is 5.02 Å². The summed E-state index contributed by atoms with van der Waals surface area (Å²) in [6.07, 6.45) is 1.77. The van der Waals surface area contributed by atoms with Crippen LogP contribution < -0.4 is 4.74 Å². The minimum atomic E-state index is -0.358. The fourth-order valence-corrected chi connectivity index (χ4v) is 5.05. The van der Waals surface area contributed by atoms with Crippen LogP contribution in [0.5, 0.6) is 5.75 Å². The van der Waals surface area contributed by atoms with Crippen molar-refractivity contribution in [3.8, 4) is 5.75 Å². The molecule has 0 amide bonds. The zero-order chi connectivity index (χ0) is 18.5. The molecule has 2 aromatic rings. The van der Waals surface area contributed by atoms with E-state index in [4.69, 9.17) is 16.3 Å². The monoisotopic (exact) mass is 392 g/mol. The number of thioether (sulfide) groups is 1. The average molecular weight is 393 g/mol. The quantitative estimate of drug-likeness (QED) is 0.753. The third-order valence-corrected chi connectivity index (χ3v) is 6.54. The van der Waals surface area contributed by atoms with E-state index < -0.39 is 0 Å². The van der Waals surface area contributed by atoms with E-state index >= 15 is 0 Å². The number of hydrogen-bond donors (Lipinski definition) is 2. The Bertz CT molecular complexity index is 720. The fourth-order valence-electron chi connectivity index (χ4n) is 3.34. The summed E-state index contributed by atoms with van der Waals surface area (Å²) in [4.78, 5) is 0. The molecule has 0 saturated carbocycles. The molecule has 0 radical (unpaired) electrons. The topological polar surface area (TPSA) is 49.7 Å². The van der Waals surface area contributed by atoms with Gasteiger partial charge in [-0.25, -0.2) is 0 Å². The average Bonchev–Trinajstić information content (AvgIpc) is 2.64. The van der Waals surface area contributed by atoms with Crippen molar-refractivity contribution in [2.24, 2.45) is 0 Å². The first-order chi connectivity index (χ1) is 12.6. The number of halogens is 1. The molecule has 0 aliphatic carbocycles. The maximum Gasteiger partial charge on any atom is 0.119 e. The van der Waals surface area contributed by atoms with Gasteiger partial charge in [0.2, 0.25) is 0 Å². The smallest absolute Gasteiger partial charge is 0.119 e. The summed E-state index contributed by atoms with van der Waals surface area (Å²) < 4.78 is 5.49. The second-order valence-electron chi connectivity index (χ2n) is 6.66. The zero-order valence-corrected chi connectivity index (χ0v) is 16.5. The normalized spacial score (nSPS) is 23.0. The summed E-state index contributed by atoms with van der Waals surface area (Å²) in [5, 5.41) is 20.6. The number of aliphatic hydroxyl groups excluding tert-OH is 2. The molecule has 0 aromatic heterocycles. The van der Waals surface area contributed by atoms with E-state index in [0.717, 1.165) is 28.3 Å². The van der Waals surface area contributed by atoms with Crippen molar-refractivity contribution < 1.29 is 14.9 Å². The molecule has 26 heavy (non-hydrogen) atoms. The van der Waals surface area contributed by atoms with Crippen molar-refractivity contribution in [3.05, 3.63) is 64.2 Å². The molecular weight excluding hydrogens is 368 g/mol. The Morgan fingerprint density at radius 2 is 1.92 bits per heavy atom. The second-order valence-corrected chi connectivity index (χ2v) is 8.57. The lowest BCUT2D eigenvalue weighted by Crippen LogP contribution is -2.26. The molecule has 3 nitrogen and oxygen atoms in total. The Morgan fingerprint density at radius 3 is 2.62 bits per heavy atom. The highest BCUT2D eigenvalue weighted by molar-refractivity contribution is 8.00. The van der Waals surface area contributed by atoms with Gasteiger partial charge in [-0.3, -0.25) is 0 Å². The number of hydrogen-bond acceptors (Lipinski definition) is 4. The summed E-state index contributed by atoms with van der Waals surface area (Å²) in [6.45, 7) is 2.73. The van der Waals surface area contributed by atoms with Gasteiger partial charge in [0.1, 0.15) is 5.75 Å². The molecule has 1 heterocycles. The molecule has 3 unspecified atom stereocenters. The summed E-state index contributed by atoms with van der Waals surface area (Å²) in [6, 6.07) is 14.2. The van der Waals surface area contributed by atoms with Crippen LogP contribution in [-0.2, 0) is 6.42 Å². The van der Waals surface area contributed by atoms with Crippen molar-refractivity contribution in [3.63, 3.8) is 0 Å². The fraction of sp³-hybridized carbons (Fsp3) is 0.429. The molecule has 0 bridgehead atoms. The van der Waals surface area contributed by atoms with Crippen LogP contribution in [-0.4, -0.2) is 34.8 Å². The lowest BCUT2D eigenvalue weighted by atomic mass is 9.98. The van der Waals surface area contributed by atoms with Gasteiger partial charge >= 0.3 is 0 Å². The minimum Gasteiger partial charge on any atom is -0.494 e. The largest absolute Gasteiger partial charge is 0.494 e. The van der Waals surface area contributed by atoms with Crippen LogP contribution >= 0.6 is 23.4 Å². The number of benzene rings is 2. The predicted octanol–water partition coefficient (Wildman–Crippen LogP) is 4.62. The number of rotatable bonds is 6. The van der Waals surface area contributed by atoms with Crippen molar-refractivity contribution in [1.82, 2.24) is 0 Å². The van der Waals surface area contributed by atoms with Crippen LogP contribution in [0.3, 0.4) is 0 Å². The maximum absolute atomic E-state index is 10.1. The molecule has 3 rings (SSSR count). The lowest BCUT2D eigenvalue weighted by molar-refractivity contribution is 0.137. The number of ether oxygens (including phenoxy) is 1. The van der Waals surface area contributed by atoms with Gasteiger partial charge in [0.05, 0.1) is 19.3 Å². The maximum atomic E-state index is 10.1. The van der Waals surface area contributed by atoms with Gasteiger partial charge in [-0.05, 0) is 61.1 Å². The second kappa shape index (κ2) is 9.14. The first-order valence-electron chi connectivity index (χ1n) is 9.03. The summed E-state index contributed by atoms with van der Waals surface area (Å²) in [7, 11) is 0. The molecule has 2 aromatic carbocycles. The van der Waals surface area contributed by atoms with E-state index in [-0.39, 0.29) is 23.2 Å². The van der Waals surface area contributed by atoms with Crippen molar-refractivity contribution in [2.75, 3.05) is 13.2 Å². The highest BCUT2D eigenvalue weighted by Gasteiger charge is 2.29. The highest BCUT2D eigenvalue weighted by atomic mass is 35.5. The van der Waals surface area contributed by atoms with Crippen LogP contribution in [0.25, 0.3) is 0 Å². The first-order valence-corrected chi connectivity index (χ1v) is 10.4. The summed E-state index contributed by atoms with van der Waals surface area (Å²) in [5.41, 5.74) is 3.42. The van der Waals surface area contributed by atoms with E-state index in [1.165, 1.54) is 5.56 Å². The molecule has 1 fully saturated rings. The molecular formula is C21H25ClO3S. The number of aliphatic hydroxyl groups is 2. The van der Waals surface area contributed by atoms with Crippen molar-refractivity contribution in [2.45, 2.75) is 42.8 Å². The SMILES string of the molecule is CCOc1ccc(Cc2cc(C3CC(O)CC(CO)S3)ccc2Cl)cc1. The molecule has 5 heteroatoms. The Kier molecular flexibility index (Phi) is 6.87. The van der Waals surface area contributed by atoms with E-state index in [1.54, 1.807) is 11.8 Å². The first kappa shape index (κ1) is 19.6. The highest BCUT2D eigenvalue weighted by Crippen LogP contribution is 2.43. The molecule has 0 spiro atoms. The Morgan fingerprint density at radius 1 is 1.15 bits per heavy atom. The molecule has 3 atom stereocenters. The third-order valence-electron chi connectivity index (χ3n) is 4.65. The van der Waals surface area contributed by atoms with E-state index in [2.05, 4.69) is 18.2 Å². The lowest BCUT2D eigenvalue weighted by Gasteiger charge is -2.31. The molecule has 1 aliphatic rings. The molecule has 1 aliphatic heterocycles. The van der Waals surface area contributed by atoms with Crippen LogP contribution in [0, 0.1) is 0 Å². The molecule has 1 saturated heterocycles. The van der Waals surface area contributed by atoms with Crippen molar-refractivity contribution >= 4 is 23.4 Å². The van der Waals surface area contributed by atoms with Gasteiger partial charge in [0.25, 0.3) is 0 Å². The third kappa shape index (κ3) is 4.95. The van der Waals surface area contributed by atoms with E-state index in [0.29, 0.717) is 19.4 Å². The van der Waals surface area contributed by atoms with Crippen LogP contribution in [0.15, 0.2) is 42.5 Å². The predicted molar refractivity (Wildman–Crippen MR) is 108 cm³/mol. The van der Waals surface area contributed by atoms with Gasteiger partial charge in [-0.1, -0.05) is 35.9 Å². The minimum absolute atomic E-state index is 0.0917. The standard InChI is InChI=1S/C21H25ClO3S/c1-2-25-18-6-3-14(4-7-18)9-16-10-15(5-8-20(16)22)21-12-17(24)11-19(13-23)26-21/h3-8,10,17,19,21,23-24H,2,9,11-13H2,1H3. The van der Waals surface area contributed by atoms with Gasteiger partial charge in [0, 0.05) is 15.5 Å². The van der Waals surface area contributed by atoms with E-state index in [1.807, 2.05) is 31.2 Å². The molecule has 2 N–H and O–H groups in total. The summed E-state index contributed by atoms with van der Waals surface area (Å²) in [5.74, 6) is 0.874. The Hall–Kier alpha value is -1.20. The van der Waals surface area contributed by atoms with Gasteiger partial charge in [-0.15, -0.1) is 11.8 Å². The van der Waals surface area contributed by atoms with E-state index in [9.17, 15) is 10.2 Å². The Labute approximate surface area is 164 Å². The van der Waals surface area contributed by atoms with Gasteiger partial charge < -0.3 is 14.9 Å². The van der Waals surface area contributed by atoms with Gasteiger partial charge in [-0.2, -0.15) is 0 Å². The summed E-state index contributed by atoms with van der Waals surface area (Å²) >= 11 is 8.18. The molecule has 140 valence electrons. The Balaban J connectivity index is 1.77.